The van der Waals surface area contributed by atoms with Crippen molar-refractivity contribution in [3.8, 4) is 0 Å². The van der Waals surface area contributed by atoms with Crippen molar-refractivity contribution in [2.24, 2.45) is 11.8 Å². The third-order valence-corrected chi connectivity index (χ3v) is 7.88. The summed E-state index contributed by atoms with van der Waals surface area (Å²) in [4.78, 5) is 18.9. The smallest absolute Gasteiger partial charge is 0.254 e. The highest BCUT2D eigenvalue weighted by atomic mass is 16.2. The molecule has 1 unspecified atom stereocenters. The predicted octanol–water partition coefficient (Wildman–Crippen LogP) is 4.22. The van der Waals surface area contributed by atoms with E-state index in [1.165, 1.54) is 61.8 Å². The Morgan fingerprint density at radius 3 is 2.58 bits per heavy atom. The van der Waals surface area contributed by atoms with Crippen molar-refractivity contribution in [2.45, 2.75) is 95.2 Å². The van der Waals surface area contributed by atoms with Gasteiger partial charge in [0, 0.05) is 32.0 Å². The second-order valence-electron chi connectivity index (χ2n) is 10.1. The fourth-order valence-corrected chi connectivity index (χ4v) is 6.04. The Balaban J connectivity index is 1.37. The van der Waals surface area contributed by atoms with Crippen LogP contribution in [0.4, 0.5) is 0 Å². The first-order valence-corrected chi connectivity index (χ1v) is 12.3. The molecule has 1 aliphatic heterocycles. The maximum atomic E-state index is 13.3. The summed E-state index contributed by atoms with van der Waals surface area (Å²) in [6.07, 6.45) is 17.9. The highest BCUT2D eigenvalue weighted by Gasteiger charge is 2.49. The monoisotopic (exact) mass is 425 g/mol. The summed E-state index contributed by atoms with van der Waals surface area (Å²) in [6.45, 7) is 0.872. The maximum Gasteiger partial charge on any atom is 0.254 e. The Morgan fingerprint density at radius 2 is 1.87 bits per heavy atom. The Kier molecular flexibility index (Phi) is 7.26. The molecule has 1 aromatic heterocycles. The highest BCUT2D eigenvalue weighted by Crippen LogP contribution is 2.38. The minimum Gasteiger partial charge on any atom is -0.342 e. The number of hydrogen-bond acceptors (Lipinski definition) is 4. The fraction of sp³-hybridized carbons (Fsp3) is 0.720. The van der Waals surface area contributed by atoms with Crippen LogP contribution in [0.1, 0.15) is 82.6 Å². The van der Waals surface area contributed by atoms with Gasteiger partial charge < -0.3 is 10.6 Å². The van der Waals surface area contributed by atoms with E-state index in [9.17, 15) is 4.79 Å². The average molecular weight is 426 g/mol. The van der Waals surface area contributed by atoms with Gasteiger partial charge >= 0.3 is 0 Å². The molecule has 3 atom stereocenters. The number of carbonyl (C=O) groups excluding carboxylic acids is 1. The van der Waals surface area contributed by atoms with Crippen molar-refractivity contribution < 1.29 is 4.79 Å². The third-order valence-electron chi connectivity index (χ3n) is 7.88. The van der Waals surface area contributed by atoms with E-state index >= 15 is 0 Å². The zero-order valence-electron chi connectivity index (χ0n) is 19.0. The fourth-order valence-electron chi connectivity index (χ4n) is 6.04. The minimum absolute atomic E-state index is 0.111. The molecule has 4 rings (SSSR count). The van der Waals surface area contributed by atoms with Crippen LogP contribution in [0.5, 0.6) is 0 Å². The lowest BCUT2D eigenvalue weighted by molar-refractivity contribution is -0.131. The average Bonchev–Trinajstić information content (AvgIpc) is 3.01. The van der Waals surface area contributed by atoms with Crippen LogP contribution in [0, 0.1) is 17.2 Å². The van der Waals surface area contributed by atoms with E-state index in [4.69, 9.17) is 5.41 Å². The molecule has 2 aliphatic carbocycles. The molecule has 1 saturated heterocycles. The van der Waals surface area contributed by atoms with E-state index in [0.29, 0.717) is 12.0 Å². The maximum absolute atomic E-state index is 13.3. The molecule has 3 fully saturated rings. The quantitative estimate of drug-likeness (QED) is 0.583. The van der Waals surface area contributed by atoms with Crippen LogP contribution in [0.2, 0.25) is 0 Å². The largest absolute Gasteiger partial charge is 0.342 e. The lowest BCUT2D eigenvalue weighted by Crippen LogP contribution is -2.49. The normalized spacial score (nSPS) is 29.9. The molecule has 31 heavy (non-hydrogen) atoms. The first kappa shape index (κ1) is 22.3. The summed E-state index contributed by atoms with van der Waals surface area (Å²) in [5, 5.41) is 15.3. The Morgan fingerprint density at radius 1 is 1.13 bits per heavy atom. The van der Waals surface area contributed by atoms with Crippen molar-refractivity contribution in [2.75, 3.05) is 7.05 Å². The molecule has 0 radical (unpaired) electrons. The summed E-state index contributed by atoms with van der Waals surface area (Å²) in [7, 11) is 1.75. The van der Waals surface area contributed by atoms with E-state index in [2.05, 4.69) is 27.8 Å². The van der Waals surface area contributed by atoms with Crippen LogP contribution >= 0.6 is 0 Å². The summed E-state index contributed by atoms with van der Waals surface area (Å²) < 4.78 is 0. The van der Waals surface area contributed by atoms with Crippen molar-refractivity contribution in [1.29, 1.82) is 5.41 Å². The van der Waals surface area contributed by atoms with Gasteiger partial charge in [-0.15, -0.1) is 0 Å². The second kappa shape index (κ2) is 10.1. The van der Waals surface area contributed by atoms with E-state index in [0.717, 1.165) is 38.1 Å². The molecule has 170 valence electrons. The van der Waals surface area contributed by atoms with E-state index in [1.54, 1.807) is 7.05 Å². The number of hydrogen-bond donors (Lipinski definition) is 3. The van der Waals surface area contributed by atoms with Crippen molar-refractivity contribution in [3.05, 3.63) is 30.1 Å². The molecule has 1 amide bonds. The molecule has 1 aromatic rings. The molecule has 3 N–H and O–H groups in total. The van der Waals surface area contributed by atoms with Crippen molar-refractivity contribution in [1.82, 2.24) is 20.5 Å². The van der Waals surface area contributed by atoms with Gasteiger partial charge in [-0.05, 0) is 61.6 Å². The zero-order valence-corrected chi connectivity index (χ0v) is 19.0. The Bertz CT molecular complexity index is 748. The summed E-state index contributed by atoms with van der Waals surface area (Å²) in [5.41, 5.74) is 0.699. The molecular weight excluding hydrogens is 386 g/mol. The molecular formula is C25H39N5O. The topological polar surface area (TPSA) is 81.1 Å². The van der Waals surface area contributed by atoms with Crippen LogP contribution in [0.25, 0.3) is 0 Å². The second-order valence-corrected chi connectivity index (χ2v) is 10.1. The van der Waals surface area contributed by atoms with E-state index in [1.807, 2.05) is 12.4 Å². The minimum atomic E-state index is -0.569. The zero-order chi connectivity index (χ0) is 21.7. The van der Waals surface area contributed by atoms with Gasteiger partial charge in [0.2, 0.25) is 0 Å². The lowest BCUT2D eigenvalue weighted by Gasteiger charge is -2.37. The Hall–Kier alpha value is -1.95. The van der Waals surface area contributed by atoms with Gasteiger partial charge in [0.25, 0.3) is 5.91 Å². The van der Waals surface area contributed by atoms with Crippen LogP contribution in [-0.2, 0) is 11.3 Å². The van der Waals surface area contributed by atoms with Gasteiger partial charge in [-0.25, -0.2) is 0 Å². The van der Waals surface area contributed by atoms with E-state index in [-0.39, 0.29) is 11.9 Å². The van der Waals surface area contributed by atoms with E-state index < -0.39 is 5.54 Å². The van der Waals surface area contributed by atoms with Gasteiger partial charge in [0.1, 0.15) is 5.54 Å². The van der Waals surface area contributed by atoms with Gasteiger partial charge in [0.15, 0.2) is 5.96 Å². The van der Waals surface area contributed by atoms with Gasteiger partial charge in [-0.1, -0.05) is 44.9 Å². The number of likely N-dealkylation sites (N-methyl/N-ethyl adjacent to an activating group) is 1. The lowest BCUT2D eigenvalue weighted by atomic mass is 9.74. The molecule has 6 heteroatoms. The van der Waals surface area contributed by atoms with Crippen molar-refractivity contribution in [3.63, 3.8) is 0 Å². The number of nitrogens with zero attached hydrogens (tertiary/aromatic N) is 2. The Labute approximate surface area is 187 Å². The molecule has 6 nitrogen and oxygen atoms in total. The summed E-state index contributed by atoms with van der Waals surface area (Å²) in [5.74, 6) is 1.66. The third kappa shape index (κ3) is 5.46. The first-order valence-electron chi connectivity index (χ1n) is 12.3. The molecule has 0 bridgehead atoms. The van der Waals surface area contributed by atoms with Crippen molar-refractivity contribution >= 4 is 11.9 Å². The molecule has 0 spiro atoms. The number of aromatic nitrogens is 1. The molecule has 2 saturated carbocycles. The number of guanidine groups is 1. The molecule has 0 aromatic carbocycles. The number of pyridine rings is 1. The summed E-state index contributed by atoms with van der Waals surface area (Å²) >= 11 is 0. The SMILES string of the molecule is CN1C(=N)N[C@](CCC2CCCCC2)(CC2CCC[C@@H](NCc3ccncc3)C2)C1=O. The molecule has 3 aliphatic rings. The van der Waals surface area contributed by atoms with Crippen LogP contribution < -0.4 is 10.6 Å². The number of amides is 1. The van der Waals surface area contributed by atoms with Gasteiger partial charge in [-0.2, -0.15) is 0 Å². The van der Waals surface area contributed by atoms with Crippen LogP contribution in [-0.4, -0.2) is 40.4 Å². The summed E-state index contributed by atoms with van der Waals surface area (Å²) in [6, 6.07) is 4.63. The molecule has 2 heterocycles. The van der Waals surface area contributed by atoms with Crippen LogP contribution in [0.3, 0.4) is 0 Å². The number of carbonyl (C=O) groups is 1. The highest BCUT2D eigenvalue weighted by molar-refractivity contribution is 6.07. The van der Waals surface area contributed by atoms with Gasteiger partial charge in [0.05, 0.1) is 0 Å². The number of rotatable bonds is 8. The first-order chi connectivity index (χ1) is 15.1. The standard InChI is InChI=1S/C25H39N5O/c1-30-23(31)25(29-24(30)26,13-10-19-6-3-2-4-7-19)17-21-8-5-9-22(16-21)28-18-20-11-14-27-15-12-20/h11-12,14-15,19,21-22,28H,2-10,13,16-18H2,1H3,(H2,26,29)/t21?,22-,25-/m1/s1. The predicted molar refractivity (Wildman–Crippen MR) is 124 cm³/mol. The van der Waals surface area contributed by atoms with Gasteiger partial charge in [-0.3, -0.25) is 20.1 Å². The number of nitrogens with one attached hydrogen (secondary N) is 3. The van der Waals surface area contributed by atoms with Crippen LogP contribution in [0.15, 0.2) is 24.5 Å².